The first-order chi connectivity index (χ1) is 20.3. The number of hydrogen-bond donors (Lipinski definition) is 2. The zero-order chi connectivity index (χ0) is 29.6. The van der Waals surface area contributed by atoms with Gasteiger partial charge in [-0.25, -0.2) is 18.6 Å². The normalized spacial score (nSPS) is 20.9. The number of amides is 2. The number of ether oxygens (including phenoxy) is 1. The first-order valence-electron chi connectivity index (χ1n) is 14.8. The molecular weight excluding hydrogens is 540 g/mol. The van der Waals surface area contributed by atoms with Gasteiger partial charge in [0.05, 0.1) is 30.7 Å². The van der Waals surface area contributed by atoms with Crippen LogP contribution in [-0.2, 0) is 11.2 Å². The van der Waals surface area contributed by atoms with E-state index in [0.29, 0.717) is 49.6 Å². The largest absolute Gasteiger partial charge is 0.449 e. The maximum absolute atomic E-state index is 14.2. The van der Waals surface area contributed by atoms with Crippen molar-refractivity contribution in [1.82, 2.24) is 25.1 Å². The summed E-state index contributed by atoms with van der Waals surface area (Å²) < 4.78 is 35.3. The molecule has 3 aromatic rings. The fourth-order valence-electron chi connectivity index (χ4n) is 6.05. The highest BCUT2D eigenvalue weighted by Gasteiger charge is 2.35. The molecule has 1 aliphatic carbocycles. The second kappa shape index (κ2) is 13.5. The molecule has 5 rings (SSSR count). The van der Waals surface area contributed by atoms with Gasteiger partial charge in [-0.3, -0.25) is 4.79 Å². The molecule has 1 aliphatic heterocycles. The van der Waals surface area contributed by atoms with Crippen molar-refractivity contribution in [1.29, 1.82) is 0 Å². The van der Waals surface area contributed by atoms with Gasteiger partial charge in [-0.2, -0.15) is 0 Å². The summed E-state index contributed by atoms with van der Waals surface area (Å²) in [6.45, 7) is 5.87. The predicted octanol–water partition coefficient (Wildman–Crippen LogP) is 5.35. The van der Waals surface area contributed by atoms with Crippen molar-refractivity contribution in [2.24, 2.45) is 5.92 Å². The first-order valence-corrected chi connectivity index (χ1v) is 14.8. The lowest BCUT2D eigenvalue weighted by Gasteiger charge is -2.36. The monoisotopic (exact) mass is 579 g/mol. The number of carbonyl (C=O) groups is 2. The summed E-state index contributed by atoms with van der Waals surface area (Å²) in [5, 5.41) is 6.38. The maximum Gasteiger partial charge on any atom is 0.407 e. The lowest BCUT2D eigenvalue weighted by Crippen LogP contribution is -2.54. The van der Waals surface area contributed by atoms with Crippen molar-refractivity contribution < 1.29 is 23.1 Å². The number of imidazole rings is 1. The summed E-state index contributed by atoms with van der Waals surface area (Å²) in [7, 11) is 0. The molecule has 0 bridgehead atoms. The molecule has 1 unspecified atom stereocenters. The quantitative estimate of drug-likeness (QED) is 0.376. The van der Waals surface area contributed by atoms with Gasteiger partial charge in [0.15, 0.2) is 5.69 Å². The van der Waals surface area contributed by atoms with Crippen molar-refractivity contribution in [2.75, 3.05) is 26.2 Å². The fourth-order valence-corrected chi connectivity index (χ4v) is 6.05. The van der Waals surface area contributed by atoms with Gasteiger partial charge >= 0.3 is 6.09 Å². The average molecular weight is 580 g/mol. The Labute approximate surface area is 245 Å². The molecule has 42 heavy (non-hydrogen) atoms. The van der Waals surface area contributed by atoms with Gasteiger partial charge < -0.3 is 24.8 Å². The van der Waals surface area contributed by atoms with Gasteiger partial charge in [0.25, 0.3) is 5.91 Å². The summed E-state index contributed by atoms with van der Waals surface area (Å²) in [5.41, 5.74) is 2.37. The second-order valence-corrected chi connectivity index (χ2v) is 11.6. The van der Waals surface area contributed by atoms with E-state index in [4.69, 9.17) is 4.74 Å². The third-order valence-electron chi connectivity index (χ3n) is 7.99. The predicted molar refractivity (Wildman–Crippen MR) is 156 cm³/mol. The molecule has 224 valence electrons. The standard InChI is InChI=1S/C32H39F2N5O3/c1-21(2)19-42-32(41)37-27-10-6-7-11-28(27)39-20-36-29(30(39)23-8-4-3-5-9-23)31(40)38-13-12-35-18-26(38)16-22-14-24(33)17-25(34)15-22/h3-5,8-9,14-15,17,20-21,26-28,35H,6-7,10-13,16,18-19H2,1-2H3,(H,37,41)/t26-,27?,28+/m1/s1. The minimum atomic E-state index is -0.638. The van der Waals surface area contributed by atoms with E-state index in [1.165, 1.54) is 12.1 Å². The van der Waals surface area contributed by atoms with Crippen LogP contribution in [0.4, 0.5) is 13.6 Å². The van der Waals surface area contributed by atoms with E-state index in [0.717, 1.165) is 37.3 Å². The van der Waals surface area contributed by atoms with Crippen LogP contribution in [0.15, 0.2) is 54.9 Å². The molecule has 8 nitrogen and oxygen atoms in total. The first kappa shape index (κ1) is 29.7. The molecule has 1 saturated heterocycles. The molecule has 2 heterocycles. The van der Waals surface area contributed by atoms with E-state index in [1.807, 2.05) is 48.7 Å². The van der Waals surface area contributed by atoms with Crippen LogP contribution in [0, 0.1) is 17.6 Å². The van der Waals surface area contributed by atoms with E-state index in [9.17, 15) is 18.4 Å². The van der Waals surface area contributed by atoms with Crippen LogP contribution in [0.5, 0.6) is 0 Å². The topological polar surface area (TPSA) is 88.5 Å². The molecule has 1 saturated carbocycles. The maximum atomic E-state index is 14.2. The number of benzene rings is 2. The Balaban J connectivity index is 1.46. The average Bonchev–Trinajstić information content (AvgIpc) is 3.41. The number of nitrogens with one attached hydrogen (secondary N) is 2. The van der Waals surface area contributed by atoms with Crippen molar-refractivity contribution in [3.8, 4) is 11.3 Å². The Kier molecular flexibility index (Phi) is 9.51. The molecule has 10 heteroatoms. The van der Waals surface area contributed by atoms with E-state index < -0.39 is 17.7 Å². The highest BCUT2D eigenvalue weighted by atomic mass is 19.1. The lowest BCUT2D eigenvalue weighted by atomic mass is 9.89. The third kappa shape index (κ3) is 6.98. The third-order valence-corrected chi connectivity index (χ3v) is 7.99. The minimum Gasteiger partial charge on any atom is -0.449 e. The van der Waals surface area contributed by atoms with E-state index in [1.54, 1.807) is 11.2 Å². The van der Waals surface area contributed by atoms with Crippen LogP contribution in [-0.4, -0.2) is 64.8 Å². The molecule has 2 amide bonds. The van der Waals surface area contributed by atoms with E-state index in [-0.39, 0.29) is 30.0 Å². The number of aromatic nitrogens is 2. The highest BCUT2D eigenvalue weighted by molar-refractivity contribution is 5.98. The number of nitrogens with zero attached hydrogens (tertiary/aromatic N) is 3. The fraction of sp³-hybridized carbons (Fsp3) is 0.469. The zero-order valence-electron chi connectivity index (χ0n) is 24.2. The Morgan fingerprint density at radius 1 is 1.10 bits per heavy atom. The van der Waals surface area contributed by atoms with Crippen molar-refractivity contribution in [3.05, 3.63) is 77.8 Å². The van der Waals surface area contributed by atoms with Crippen LogP contribution < -0.4 is 10.6 Å². The Morgan fingerprint density at radius 2 is 1.83 bits per heavy atom. The molecule has 2 aliphatic rings. The minimum absolute atomic E-state index is 0.108. The van der Waals surface area contributed by atoms with E-state index in [2.05, 4.69) is 15.6 Å². The van der Waals surface area contributed by atoms with Crippen LogP contribution in [0.1, 0.15) is 61.6 Å². The summed E-state index contributed by atoms with van der Waals surface area (Å²) in [6.07, 6.45) is 5.16. The SMILES string of the molecule is CC(C)COC(=O)NC1CCCC[C@@H]1n1cnc(C(=O)N2CCNC[C@H]2Cc2cc(F)cc(F)c2)c1-c1ccccc1. The number of halogens is 2. The Morgan fingerprint density at radius 3 is 2.57 bits per heavy atom. The van der Waals surface area contributed by atoms with Crippen molar-refractivity contribution >= 4 is 12.0 Å². The molecule has 0 spiro atoms. The number of hydrogen-bond acceptors (Lipinski definition) is 5. The Hall–Kier alpha value is -3.79. The number of rotatable bonds is 8. The summed E-state index contributed by atoms with van der Waals surface area (Å²) in [6, 6.07) is 12.6. The van der Waals surface area contributed by atoms with Crippen LogP contribution in [0.3, 0.4) is 0 Å². The molecule has 1 aromatic heterocycles. The molecule has 0 radical (unpaired) electrons. The highest BCUT2D eigenvalue weighted by Crippen LogP contribution is 2.35. The van der Waals surface area contributed by atoms with Crippen LogP contribution in [0.2, 0.25) is 0 Å². The van der Waals surface area contributed by atoms with Gasteiger partial charge in [-0.15, -0.1) is 0 Å². The molecule has 3 atom stereocenters. The number of alkyl carbamates (subject to hydrolysis) is 1. The molecule has 2 aromatic carbocycles. The van der Waals surface area contributed by atoms with Crippen LogP contribution in [0.25, 0.3) is 11.3 Å². The van der Waals surface area contributed by atoms with Gasteiger partial charge in [0.1, 0.15) is 11.6 Å². The number of carbonyl (C=O) groups excluding carboxylic acids is 2. The second-order valence-electron chi connectivity index (χ2n) is 11.6. The smallest absolute Gasteiger partial charge is 0.407 e. The zero-order valence-corrected chi connectivity index (χ0v) is 24.2. The molecular formula is C32H39F2N5O3. The van der Waals surface area contributed by atoms with Gasteiger partial charge in [0.2, 0.25) is 0 Å². The summed E-state index contributed by atoms with van der Waals surface area (Å²) in [4.78, 5) is 33.3. The Bertz CT molecular complexity index is 1360. The molecule has 2 N–H and O–H groups in total. The summed E-state index contributed by atoms with van der Waals surface area (Å²) in [5.74, 6) is -1.27. The van der Waals surface area contributed by atoms with E-state index >= 15 is 0 Å². The van der Waals surface area contributed by atoms with Crippen LogP contribution >= 0.6 is 0 Å². The van der Waals surface area contributed by atoms with Crippen molar-refractivity contribution in [3.63, 3.8) is 0 Å². The number of piperazine rings is 1. The van der Waals surface area contributed by atoms with Crippen molar-refractivity contribution in [2.45, 2.75) is 64.1 Å². The molecule has 2 fully saturated rings. The van der Waals surface area contributed by atoms with Gasteiger partial charge in [-0.05, 0) is 42.9 Å². The van der Waals surface area contributed by atoms with Gasteiger partial charge in [-0.1, -0.05) is 57.0 Å². The lowest BCUT2D eigenvalue weighted by molar-refractivity contribution is 0.0631. The summed E-state index contributed by atoms with van der Waals surface area (Å²) >= 11 is 0. The van der Waals surface area contributed by atoms with Gasteiger partial charge in [0, 0.05) is 37.3 Å².